The number of methoxy groups -OCH3 is 1. The minimum Gasteiger partial charge on any atom is -0.497 e. The minimum atomic E-state index is -0.339. The molecule has 39 heavy (non-hydrogen) atoms. The molecule has 0 bridgehead atoms. The molecule has 8 nitrogen and oxygen atoms in total. The van der Waals surface area contributed by atoms with Crippen LogP contribution in [0.25, 0.3) is 6.08 Å². The molecular weight excluding hydrogens is 486 g/mol. The van der Waals surface area contributed by atoms with Crippen molar-refractivity contribution in [3.05, 3.63) is 89.5 Å². The molecule has 0 saturated carbocycles. The fraction of sp³-hybridized carbons (Fsp3) is 0.258. The highest BCUT2D eigenvalue weighted by Gasteiger charge is 2.49. The third-order valence-corrected chi connectivity index (χ3v) is 7.66. The fourth-order valence-corrected chi connectivity index (χ4v) is 5.42. The number of rotatable bonds is 7. The minimum absolute atomic E-state index is 0.339. The number of quaternary nitrogens is 1. The van der Waals surface area contributed by atoms with Crippen LogP contribution in [0.2, 0.25) is 0 Å². The molecular formula is C31H32N7O+. The van der Waals surface area contributed by atoms with Gasteiger partial charge in [0.25, 0.3) is 5.84 Å². The smallest absolute Gasteiger partial charge is 0.351 e. The lowest BCUT2D eigenvalue weighted by Crippen LogP contribution is -2.46. The summed E-state index contributed by atoms with van der Waals surface area (Å²) in [5, 5.41) is 19.3. The zero-order valence-corrected chi connectivity index (χ0v) is 22.3. The number of ether oxygens (including phenoxy) is 1. The first kappa shape index (κ1) is 24.9. The maximum absolute atomic E-state index is 10.7. The van der Waals surface area contributed by atoms with E-state index in [4.69, 9.17) is 14.8 Å². The van der Waals surface area contributed by atoms with Crippen molar-refractivity contribution in [2.75, 3.05) is 50.1 Å². The molecule has 3 aliphatic rings. The monoisotopic (exact) mass is 518 g/mol. The van der Waals surface area contributed by atoms with Crippen molar-refractivity contribution >= 4 is 34.8 Å². The molecule has 0 spiro atoms. The van der Waals surface area contributed by atoms with Gasteiger partial charge in [-0.15, -0.1) is 5.26 Å². The average molecular weight is 519 g/mol. The van der Waals surface area contributed by atoms with Gasteiger partial charge in [-0.05, 0) is 64.3 Å². The summed E-state index contributed by atoms with van der Waals surface area (Å²) in [6, 6.07) is 22.3. The van der Waals surface area contributed by atoms with Gasteiger partial charge in [-0.1, -0.05) is 37.3 Å². The summed E-state index contributed by atoms with van der Waals surface area (Å²) in [5.41, 5.74) is 5.82. The number of hydrogen-bond acceptors (Lipinski definition) is 7. The number of aliphatic imine (C=N–C) groups is 1. The Morgan fingerprint density at radius 3 is 2.46 bits per heavy atom. The van der Waals surface area contributed by atoms with Crippen molar-refractivity contribution in [2.45, 2.75) is 13.5 Å². The first-order chi connectivity index (χ1) is 19.1. The second-order valence-corrected chi connectivity index (χ2v) is 9.88. The van der Waals surface area contributed by atoms with Crippen LogP contribution in [0.15, 0.2) is 82.9 Å². The van der Waals surface area contributed by atoms with Gasteiger partial charge in [-0.2, -0.15) is 4.99 Å². The number of nitrogens with zero attached hydrogens (tertiary/aromatic N) is 6. The molecule has 0 aromatic heterocycles. The van der Waals surface area contributed by atoms with E-state index in [-0.39, 0.29) is 4.59 Å². The van der Waals surface area contributed by atoms with Gasteiger partial charge >= 0.3 is 6.19 Å². The van der Waals surface area contributed by atoms with Gasteiger partial charge < -0.3 is 19.9 Å². The van der Waals surface area contributed by atoms with Gasteiger partial charge in [-0.3, -0.25) is 0 Å². The van der Waals surface area contributed by atoms with Crippen molar-refractivity contribution in [1.29, 1.82) is 5.26 Å². The SMILES string of the molecule is CCN1CCN(c2cc3c(c(NCc4ccccc4)c2)[N+]2(C#N)N=C(c4ccc(OC)cc4)N=C2C=C3)CC1. The molecule has 1 atom stereocenters. The Labute approximate surface area is 229 Å². The van der Waals surface area contributed by atoms with E-state index in [1.54, 1.807) is 7.11 Å². The van der Waals surface area contributed by atoms with Crippen molar-refractivity contribution < 1.29 is 4.74 Å². The summed E-state index contributed by atoms with van der Waals surface area (Å²) in [7, 11) is 1.64. The Bertz CT molecular complexity index is 1500. The average Bonchev–Trinajstić information content (AvgIpc) is 3.40. The second-order valence-electron chi connectivity index (χ2n) is 9.88. The number of hydrogen-bond donors (Lipinski definition) is 1. The molecule has 6 rings (SSSR count). The Kier molecular flexibility index (Phi) is 6.61. The van der Waals surface area contributed by atoms with Crippen molar-refractivity contribution in [3.63, 3.8) is 0 Å². The number of amidine groups is 2. The molecule has 3 aliphatic heterocycles. The van der Waals surface area contributed by atoms with E-state index in [9.17, 15) is 5.26 Å². The number of nitrogens with one attached hydrogen (secondary N) is 1. The van der Waals surface area contributed by atoms with Crippen molar-refractivity contribution in [1.82, 2.24) is 9.49 Å². The van der Waals surface area contributed by atoms with Gasteiger partial charge in [0.05, 0.1) is 7.11 Å². The summed E-state index contributed by atoms with van der Waals surface area (Å²) in [5.74, 6) is 1.88. The van der Waals surface area contributed by atoms with Gasteiger partial charge in [0.2, 0.25) is 11.5 Å². The zero-order valence-electron chi connectivity index (χ0n) is 22.3. The largest absolute Gasteiger partial charge is 0.497 e. The highest BCUT2D eigenvalue weighted by atomic mass is 16.5. The molecule has 1 unspecified atom stereocenters. The molecule has 1 fully saturated rings. The van der Waals surface area contributed by atoms with Crippen molar-refractivity contribution in [3.8, 4) is 11.9 Å². The third-order valence-electron chi connectivity index (χ3n) is 7.66. The maximum atomic E-state index is 10.7. The first-order valence-electron chi connectivity index (χ1n) is 13.4. The highest BCUT2D eigenvalue weighted by Crippen LogP contribution is 2.45. The molecule has 1 saturated heterocycles. The molecule has 0 aliphatic carbocycles. The van der Waals surface area contributed by atoms with Crippen molar-refractivity contribution in [2.24, 2.45) is 10.1 Å². The van der Waals surface area contributed by atoms with Gasteiger partial charge in [0, 0.05) is 55.6 Å². The molecule has 3 aromatic carbocycles. The Morgan fingerprint density at radius 2 is 1.77 bits per heavy atom. The number of likely N-dealkylation sites (N-methyl/N-ethyl adjacent to an activating group) is 1. The van der Waals surface area contributed by atoms with E-state index in [1.165, 1.54) is 5.56 Å². The van der Waals surface area contributed by atoms with Crippen LogP contribution in [0.5, 0.6) is 5.75 Å². The lowest BCUT2D eigenvalue weighted by atomic mass is 10.0. The van der Waals surface area contributed by atoms with Crippen LogP contribution in [0.1, 0.15) is 23.6 Å². The van der Waals surface area contributed by atoms with E-state index < -0.39 is 0 Å². The molecule has 3 heterocycles. The van der Waals surface area contributed by atoms with Crippen LogP contribution in [0, 0.1) is 11.5 Å². The zero-order chi connectivity index (χ0) is 26.8. The predicted octanol–water partition coefficient (Wildman–Crippen LogP) is 5.04. The molecule has 8 heteroatoms. The molecule has 196 valence electrons. The molecule has 0 amide bonds. The Hall–Kier alpha value is -4.45. The van der Waals surface area contributed by atoms with Crippen LogP contribution in [0.3, 0.4) is 0 Å². The van der Waals surface area contributed by atoms with Gasteiger partial charge in [-0.25, -0.2) is 0 Å². The number of nitriles is 1. The standard InChI is InChI=1S/C31H32N7O/c1-3-36-15-17-37(18-16-36)26-19-25-11-14-29-34-31(24-9-12-27(39-2)13-10-24)35-38(29,22-32)30(25)28(20-26)33-21-23-7-5-4-6-8-23/h4-14,19-20,33H,3,15-18,21H2,1-2H3/q+1. The van der Waals surface area contributed by atoms with Crippen LogP contribution in [-0.4, -0.2) is 56.4 Å². The summed E-state index contributed by atoms with van der Waals surface area (Å²) in [6.45, 7) is 7.95. The Balaban J connectivity index is 1.43. The molecule has 3 aromatic rings. The quantitative estimate of drug-likeness (QED) is 0.350. The van der Waals surface area contributed by atoms with Crippen LogP contribution >= 0.6 is 0 Å². The highest BCUT2D eigenvalue weighted by molar-refractivity contribution is 6.21. The van der Waals surface area contributed by atoms with Crippen LogP contribution < -0.4 is 19.5 Å². The summed E-state index contributed by atoms with van der Waals surface area (Å²) < 4.78 is 4.97. The second kappa shape index (κ2) is 10.4. The first-order valence-corrected chi connectivity index (χ1v) is 13.4. The van der Waals surface area contributed by atoms with E-state index in [2.05, 4.69) is 58.6 Å². The topological polar surface area (TPSA) is 76.2 Å². The van der Waals surface area contributed by atoms with Gasteiger partial charge in [0.15, 0.2) is 0 Å². The Morgan fingerprint density at radius 1 is 1.00 bits per heavy atom. The van der Waals surface area contributed by atoms with E-state index in [1.807, 2.05) is 48.5 Å². The predicted molar refractivity (Wildman–Crippen MR) is 158 cm³/mol. The number of anilines is 2. The normalized spacial score (nSPS) is 20.0. The summed E-state index contributed by atoms with van der Waals surface area (Å²) in [6.07, 6.45) is 6.48. The number of fused-ring (bicyclic) bond motifs is 3. The lowest BCUT2D eigenvalue weighted by Gasteiger charge is -2.36. The lowest BCUT2D eigenvalue weighted by molar-refractivity contribution is 0.271. The molecule has 1 N–H and O–H groups in total. The summed E-state index contributed by atoms with van der Waals surface area (Å²) >= 11 is 0. The van der Waals surface area contributed by atoms with E-state index in [0.717, 1.165) is 66.7 Å². The van der Waals surface area contributed by atoms with E-state index in [0.29, 0.717) is 18.2 Å². The third kappa shape index (κ3) is 4.56. The van der Waals surface area contributed by atoms with Gasteiger partial charge in [0.1, 0.15) is 11.4 Å². The maximum Gasteiger partial charge on any atom is 0.351 e. The van der Waals surface area contributed by atoms with Crippen LogP contribution in [0.4, 0.5) is 17.1 Å². The number of benzene rings is 3. The summed E-state index contributed by atoms with van der Waals surface area (Å²) in [4.78, 5) is 9.72. The number of piperazine rings is 1. The molecule has 0 radical (unpaired) electrons. The fourth-order valence-electron chi connectivity index (χ4n) is 5.42. The van der Waals surface area contributed by atoms with Crippen LogP contribution in [-0.2, 0) is 6.54 Å². The van der Waals surface area contributed by atoms with E-state index >= 15 is 0 Å².